The summed E-state index contributed by atoms with van der Waals surface area (Å²) in [7, 11) is 0. The van der Waals surface area contributed by atoms with E-state index in [4.69, 9.17) is 0 Å². The summed E-state index contributed by atoms with van der Waals surface area (Å²) in [6, 6.07) is 0.800. The highest BCUT2D eigenvalue weighted by Crippen LogP contribution is 2.31. The molecule has 0 amide bonds. The standard InChI is InChI=1S/C14H25N5O2/c1-5-17(12-6-7-12)9-8-15-14-13(19(20)21)11(4)16-18(14)10(2)3/h10,12,15H,5-9H2,1-4H3. The van der Waals surface area contributed by atoms with E-state index in [2.05, 4.69) is 22.2 Å². The molecule has 1 aliphatic rings. The van der Waals surface area contributed by atoms with Crippen LogP contribution in [0.2, 0.25) is 0 Å². The molecule has 118 valence electrons. The van der Waals surface area contributed by atoms with Crippen LogP contribution in [0.15, 0.2) is 0 Å². The van der Waals surface area contributed by atoms with E-state index < -0.39 is 0 Å². The third-order valence-electron chi connectivity index (χ3n) is 3.89. The van der Waals surface area contributed by atoms with Crippen molar-refractivity contribution in [3.63, 3.8) is 0 Å². The fourth-order valence-electron chi connectivity index (χ4n) is 2.65. The largest absolute Gasteiger partial charge is 0.363 e. The molecule has 1 heterocycles. The zero-order chi connectivity index (χ0) is 15.6. The van der Waals surface area contributed by atoms with Crippen molar-refractivity contribution in [2.75, 3.05) is 25.0 Å². The number of nitrogens with zero attached hydrogens (tertiary/aromatic N) is 4. The van der Waals surface area contributed by atoms with E-state index in [0.29, 0.717) is 24.1 Å². The molecule has 0 radical (unpaired) electrons. The zero-order valence-corrected chi connectivity index (χ0v) is 13.3. The van der Waals surface area contributed by atoms with Crippen LogP contribution in [0.4, 0.5) is 11.5 Å². The summed E-state index contributed by atoms with van der Waals surface area (Å²) in [6.07, 6.45) is 2.55. The molecule has 1 saturated carbocycles. The summed E-state index contributed by atoms with van der Waals surface area (Å²) in [5.41, 5.74) is 0.559. The first-order valence-electron chi connectivity index (χ1n) is 7.67. The second kappa shape index (κ2) is 6.43. The second-order valence-corrected chi connectivity index (χ2v) is 5.86. The molecule has 1 fully saturated rings. The molecule has 0 saturated heterocycles. The average Bonchev–Trinajstić information content (AvgIpc) is 3.18. The monoisotopic (exact) mass is 295 g/mol. The Morgan fingerprint density at radius 2 is 2.19 bits per heavy atom. The topological polar surface area (TPSA) is 76.2 Å². The summed E-state index contributed by atoms with van der Waals surface area (Å²) in [6.45, 7) is 10.4. The van der Waals surface area contributed by atoms with Crippen molar-refractivity contribution in [1.29, 1.82) is 0 Å². The van der Waals surface area contributed by atoms with Gasteiger partial charge in [0.15, 0.2) is 0 Å². The molecule has 2 rings (SSSR count). The van der Waals surface area contributed by atoms with E-state index in [9.17, 15) is 10.1 Å². The lowest BCUT2D eigenvalue weighted by Crippen LogP contribution is -2.31. The first-order valence-corrected chi connectivity index (χ1v) is 7.67. The molecule has 0 atom stereocenters. The van der Waals surface area contributed by atoms with Crippen LogP contribution in [-0.4, -0.2) is 45.3 Å². The lowest BCUT2D eigenvalue weighted by atomic mass is 10.3. The molecule has 0 spiro atoms. The van der Waals surface area contributed by atoms with E-state index in [0.717, 1.165) is 13.1 Å². The second-order valence-electron chi connectivity index (χ2n) is 5.86. The Hall–Kier alpha value is -1.63. The number of likely N-dealkylation sites (N-methyl/N-ethyl adjacent to an activating group) is 1. The number of rotatable bonds is 8. The molecule has 1 aromatic rings. The van der Waals surface area contributed by atoms with Crippen molar-refractivity contribution in [3.8, 4) is 0 Å². The van der Waals surface area contributed by atoms with Gasteiger partial charge in [-0.1, -0.05) is 6.92 Å². The third kappa shape index (κ3) is 3.53. The molecule has 0 unspecified atom stereocenters. The fraction of sp³-hybridized carbons (Fsp3) is 0.786. The summed E-state index contributed by atoms with van der Waals surface area (Å²) in [4.78, 5) is 13.3. The van der Waals surface area contributed by atoms with E-state index in [1.54, 1.807) is 11.6 Å². The van der Waals surface area contributed by atoms with Gasteiger partial charge in [-0.2, -0.15) is 5.10 Å². The molecular weight excluding hydrogens is 270 g/mol. The molecule has 1 aliphatic carbocycles. The summed E-state index contributed by atoms with van der Waals surface area (Å²) in [5, 5.41) is 18.8. The highest BCUT2D eigenvalue weighted by molar-refractivity contribution is 5.59. The normalized spacial score (nSPS) is 15.0. The maximum absolute atomic E-state index is 11.3. The maximum Gasteiger partial charge on any atom is 0.333 e. The van der Waals surface area contributed by atoms with E-state index in [1.807, 2.05) is 13.8 Å². The number of hydrogen-bond acceptors (Lipinski definition) is 5. The summed E-state index contributed by atoms with van der Waals surface area (Å²) < 4.78 is 1.71. The minimum atomic E-state index is -0.345. The molecule has 0 bridgehead atoms. The number of anilines is 1. The van der Waals surface area contributed by atoms with Crippen LogP contribution in [-0.2, 0) is 0 Å². The van der Waals surface area contributed by atoms with Crippen LogP contribution in [0.1, 0.15) is 45.3 Å². The Morgan fingerprint density at radius 1 is 1.52 bits per heavy atom. The van der Waals surface area contributed by atoms with Crippen LogP contribution >= 0.6 is 0 Å². The van der Waals surface area contributed by atoms with Crippen LogP contribution in [0.25, 0.3) is 0 Å². The fourth-order valence-corrected chi connectivity index (χ4v) is 2.65. The minimum Gasteiger partial charge on any atom is -0.363 e. The van der Waals surface area contributed by atoms with Crippen molar-refractivity contribution in [2.24, 2.45) is 0 Å². The average molecular weight is 295 g/mol. The minimum absolute atomic E-state index is 0.0885. The van der Waals surface area contributed by atoms with Crippen molar-refractivity contribution in [3.05, 3.63) is 15.8 Å². The molecule has 21 heavy (non-hydrogen) atoms. The van der Waals surface area contributed by atoms with E-state index in [-0.39, 0.29) is 16.7 Å². The van der Waals surface area contributed by atoms with Gasteiger partial charge in [-0.15, -0.1) is 0 Å². The Labute approximate surface area is 125 Å². The number of hydrogen-bond donors (Lipinski definition) is 1. The lowest BCUT2D eigenvalue weighted by molar-refractivity contribution is -0.384. The molecule has 1 N–H and O–H groups in total. The number of nitrogens with one attached hydrogen (secondary N) is 1. The number of aryl methyl sites for hydroxylation is 1. The predicted octanol–water partition coefficient (Wildman–Crippen LogP) is 2.58. The highest BCUT2D eigenvalue weighted by atomic mass is 16.6. The zero-order valence-electron chi connectivity index (χ0n) is 13.3. The Bertz CT molecular complexity index is 508. The van der Waals surface area contributed by atoms with Gasteiger partial charge in [-0.05, 0) is 40.2 Å². The molecule has 7 heteroatoms. The first-order chi connectivity index (χ1) is 9.95. The van der Waals surface area contributed by atoms with Gasteiger partial charge in [0.25, 0.3) is 0 Å². The smallest absolute Gasteiger partial charge is 0.333 e. The van der Waals surface area contributed by atoms with Crippen LogP contribution in [0, 0.1) is 17.0 Å². The Morgan fingerprint density at radius 3 is 2.67 bits per heavy atom. The quantitative estimate of drug-likeness (QED) is 0.589. The van der Waals surface area contributed by atoms with Gasteiger partial charge in [-0.3, -0.25) is 15.0 Å². The summed E-state index contributed by atoms with van der Waals surface area (Å²) >= 11 is 0. The molecule has 0 aromatic carbocycles. The molecule has 0 aliphatic heterocycles. The van der Waals surface area contributed by atoms with Gasteiger partial charge in [-0.25, -0.2) is 4.68 Å². The van der Waals surface area contributed by atoms with E-state index >= 15 is 0 Å². The predicted molar refractivity (Wildman–Crippen MR) is 82.8 cm³/mol. The van der Waals surface area contributed by atoms with Crippen LogP contribution < -0.4 is 5.32 Å². The van der Waals surface area contributed by atoms with Crippen LogP contribution in [0.3, 0.4) is 0 Å². The van der Waals surface area contributed by atoms with Gasteiger partial charge in [0, 0.05) is 25.2 Å². The Balaban J connectivity index is 2.08. The van der Waals surface area contributed by atoms with Gasteiger partial charge in [0.2, 0.25) is 5.82 Å². The maximum atomic E-state index is 11.3. The lowest BCUT2D eigenvalue weighted by Gasteiger charge is -2.20. The van der Waals surface area contributed by atoms with Gasteiger partial charge >= 0.3 is 5.69 Å². The van der Waals surface area contributed by atoms with Crippen molar-refractivity contribution >= 4 is 11.5 Å². The third-order valence-corrected chi connectivity index (χ3v) is 3.89. The highest BCUT2D eigenvalue weighted by Gasteiger charge is 2.29. The van der Waals surface area contributed by atoms with Gasteiger partial charge < -0.3 is 5.32 Å². The molecule has 1 aromatic heterocycles. The van der Waals surface area contributed by atoms with Gasteiger partial charge in [0.1, 0.15) is 5.69 Å². The Kier molecular flexibility index (Phi) is 4.82. The number of nitro groups is 1. The first kappa shape index (κ1) is 15.8. The van der Waals surface area contributed by atoms with E-state index in [1.165, 1.54) is 12.8 Å². The van der Waals surface area contributed by atoms with Crippen LogP contribution in [0.5, 0.6) is 0 Å². The SMILES string of the molecule is CCN(CCNc1c([N+](=O)[O-])c(C)nn1C(C)C)C1CC1. The molecular formula is C14H25N5O2. The van der Waals surface area contributed by atoms with Gasteiger partial charge in [0.05, 0.1) is 4.92 Å². The number of aromatic nitrogens is 2. The summed E-state index contributed by atoms with van der Waals surface area (Å²) in [5.74, 6) is 0.527. The molecule has 7 nitrogen and oxygen atoms in total. The van der Waals surface area contributed by atoms with Crippen molar-refractivity contribution in [2.45, 2.75) is 52.6 Å². The van der Waals surface area contributed by atoms with Crippen molar-refractivity contribution < 1.29 is 4.92 Å². The van der Waals surface area contributed by atoms with Crippen molar-refractivity contribution in [1.82, 2.24) is 14.7 Å².